The number of hydrogen-bond acceptors (Lipinski definition) is 1. The Balaban J connectivity index is 1.90. The van der Waals surface area contributed by atoms with Crippen molar-refractivity contribution in [2.75, 3.05) is 5.32 Å². The van der Waals surface area contributed by atoms with E-state index in [1.54, 1.807) is 24.3 Å². The highest BCUT2D eigenvalue weighted by atomic mass is 19.1. The average Bonchev–Trinajstić information content (AvgIpc) is 2.86. The third kappa shape index (κ3) is 2.19. The predicted molar refractivity (Wildman–Crippen MR) is 85.9 cm³/mol. The molecule has 0 aromatic heterocycles. The molecule has 4 rings (SSSR count). The maximum absolute atomic E-state index is 14.1. The van der Waals surface area contributed by atoms with Gasteiger partial charge < -0.3 is 5.32 Å². The van der Waals surface area contributed by atoms with Gasteiger partial charge in [-0.15, -0.1) is 0 Å². The third-order valence-corrected chi connectivity index (χ3v) is 3.95. The van der Waals surface area contributed by atoms with Crippen molar-refractivity contribution in [1.82, 2.24) is 0 Å². The van der Waals surface area contributed by atoms with E-state index in [2.05, 4.69) is 5.32 Å². The van der Waals surface area contributed by atoms with Crippen LogP contribution in [0.2, 0.25) is 0 Å². The van der Waals surface area contributed by atoms with Crippen LogP contribution in [0.5, 0.6) is 0 Å². The zero-order valence-electron chi connectivity index (χ0n) is 11.9. The van der Waals surface area contributed by atoms with Crippen molar-refractivity contribution in [3.05, 3.63) is 77.4 Å². The smallest absolute Gasteiger partial charge is 0.256 e. The zero-order chi connectivity index (χ0) is 16.0. The fraction of sp³-hybridized carbons (Fsp3) is 0. The summed E-state index contributed by atoms with van der Waals surface area (Å²) in [6.07, 6.45) is 1.60. The predicted octanol–water partition coefficient (Wildman–Crippen LogP) is 4.56. The second-order valence-electron chi connectivity index (χ2n) is 5.39. The number of nitrogens with one attached hydrogen (secondary N) is 1. The number of halogens is 2. The summed E-state index contributed by atoms with van der Waals surface area (Å²) in [7, 11) is 0. The molecule has 0 radical (unpaired) electrons. The Labute approximate surface area is 131 Å². The third-order valence-electron chi connectivity index (χ3n) is 3.95. The molecule has 0 saturated carbocycles. The minimum absolute atomic E-state index is 0.319. The highest BCUT2D eigenvalue weighted by Gasteiger charge is 2.25. The second-order valence-corrected chi connectivity index (χ2v) is 5.39. The molecule has 2 nitrogen and oxygen atoms in total. The average molecular weight is 307 g/mol. The fourth-order valence-electron chi connectivity index (χ4n) is 2.88. The minimum atomic E-state index is -0.420. The van der Waals surface area contributed by atoms with E-state index < -0.39 is 5.82 Å². The van der Waals surface area contributed by atoms with Crippen LogP contribution in [0.3, 0.4) is 0 Å². The van der Waals surface area contributed by atoms with Crippen LogP contribution in [0.1, 0.15) is 11.1 Å². The first kappa shape index (κ1) is 13.6. The van der Waals surface area contributed by atoms with E-state index in [4.69, 9.17) is 0 Å². The minimum Gasteiger partial charge on any atom is -0.321 e. The highest BCUT2D eigenvalue weighted by Crippen LogP contribution is 2.37. The first-order valence-electron chi connectivity index (χ1n) is 7.14. The number of anilines is 1. The maximum Gasteiger partial charge on any atom is 0.256 e. The van der Waals surface area contributed by atoms with Crippen molar-refractivity contribution in [2.45, 2.75) is 0 Å². The van der Waals surface area contributed by atoms with Gasteiger partial charge in [0.15, 0.2) is 0 Å². The molecule has 0 atom stereocenters. The monoisotopic (exact) mass is 307 g/mol. The SMILES string of the molecule is O=C1Nc2ccc(F)cc2/C1=C/c1cc(F)c2cccccc1-2. The molecule has 1 aromatic carbocycles. The van der Waals surface area contributed by atoms with Crippen LogP contribution in [0.4, 0.5) is 14.5 Å². The molecule has 1 aromatic rings. The van der Waals surface area contributed by atoms with E-state index in [1.807, 2.05) is 12.1 Å². The van der Waals surface area contributed by atoms with Gasteiger partial charge in [0.1, 0.15) is 11.6 Å². The van der Waals surface area contributed by atoms with Crippen molar-refractivity contribution >= 4 is 23.2 Å². The van der Waals surface area contributed by atoms with Crippen LogP contribution in [0.15, 0.2) is 54.6 Å². The summed E-state index contributed by atoms with van der Waals surface area (Å²) in [4.78, 5) is 12.2. The number of hydrogen-bond donors (Lipinski definition) is 1. The Morgan fingerprint density at radius 2 is 1.65 bits per heavy atom. The van der Waals surface area contributed by atoms with Crippen molar-refractivity contribution in [3.63, 3.8) is 0 Å². The van der Waals surface area contributed by atoms with E-state index in [1.165, 1.54) is 24.3 Å². The van der Waals surface area contributed by atoms with Crippen LogP contribution < -0.4 is 5.32 Å². The number of carbonyl (C=O) groups excluding carboxylic acids is 1. The fourth-order valence-corrected chi connectivity index (χ4v) is 2.88. The maximum atomic E-state index is 14.1. The summed E-state index contributed by atoms with van der Waals surface area (Å²) >= 11 is 0. The molecule has 1 aliphatic heterocycles. The lowest BCUT2D eigenvalue weighted by Crippen LogP contribution is -2.03. The normalized spacial score (nSPS) is 15.0. The summed E-state index contributed by atoms with van der Waals surface area (Å²) in [6, 6.07) is 14.4. The Kier molecular flexibility index (Phi) is 2.98. The number of benzene rings is 1. The van der Waals surface area contributed by atoms with E-state index in [0.29, 0.717) is 33.5 Å². The van der Waals surface area contributed by atoms with Gasteiger partial charge in [-0.2, -0.15) is 0 Å². The van der Waals surface area contributed by atoms with Crippen molar-refractivity contribution in [1.29, 1.82) is 0 Å². The molecule has 23 heavy (non-hydrogen) atoms. The van der Waals surface area contributed by atoms with Crippen LogP contribution >= 0.6 is 0 Å². The lowest BCUT2D eigenvalue weighted by atomic mass is 10.0. The molecule has 2 aliphatic carbocycles. The number of amides is 1. The Hall–Kier alpha value is -3.01. The summed E-state index contributed by atoms with van der Waals surface area (Å²) in [6.45, 7) is 0. The quantitative estimate of drug-likeness (QED) is 0.656. The lowest BCUT2D eigenvalue weighted by molar-refractivity contribution is -0.110. The standard InChI is InChI=1S/C19H11F2NO/c20-12-6-7-18-15(10-12)16(19(23)22-18)8-11-9-17(21)14-5-3-1-2-4-13(11)14/h1-10H,(H,22,23)/b16-8-. The molecule has 1 amide bonds. The molecule has 1 heterocycles. The number of fused-ring (bicyclic) bond motifs is 2. The molecular formula is C19H11F2NO. The van der Waals surface area contributed by atoms with Crippen molar-refractivity contribution < 1.29 is 13.6 Å². The number of rotatable bonds is 1. The molecule has 0 fully saturated rings. The first-order chi connectivity index (χ1) is 11.1. The van der Waals surface area contributed by atoms with E-state index in [9.17, 15) is 13.6 Å². The highest BCUT2D eigenvalue weighted by molar-refractivity contribution is 6.35. The van der Waals surface area contributed by atoms with Gasteiger partial charge in [-0.3, -0.25) is 4.79 Å². The van der Waals surface area contributed by atoms with E-state index in [-0.39, 0.29) is 11.7 Å². The molecule has 0 spiro atoms. The van der Waals surface area contributed by atoms with Gasteiger partial charge in [-0.05, 0) is 41.5 Å². The lowest BCUT2D eigenvalue weighted by Gasteiger charge is -2.00. The summed E-state index contributed by atoms with van der Waals surface area (Å²) in [5, 5.41) is 2.69. The van der Waals surface area contributed by atoms with Gasteiger partial charge in [-0.25, -0.2) is 8.78 Å². The Bertz CT molecular complexity index is 946. The van der Waals surface area contributed by atoms with Gasteiger partial charge in [0.2, 0.25) is 0 Å². The molecular weight excluding hydrogens is 296 g/mol. The topological polar surface area (TPSA) is 29.1 Å². The Morgan fingerprint density at radius 3 is 2.48 bits per heavy atom. The van der Waals surface area contributed by atoms with E-state index >= 15 is 0 Å². The van der Waals surface area contributed by atoms with Crippen LogP contribution in [0, 0.1) is 11.6 Å². The molecule has 0 unspecified atom stereocenters. The number of carbonyl (C=O) groups is 1. The van der Waals surface area contributed by atoms with Crippen molar-refractivity contribution in [3.8, 4) is 11.1 Å². The molecule has 4 heteroatoms. The van der Waals surface area contributed by atoms with Crippen molar-refractivity contribution in [2.24, 2.45) is 0 Å². The molecule has 112 valence electrons. The zero-order valence-corrected chi connectivity index (χ0v) is 11.9. The van der Waals surface area contributed by atoms with Gasteiger partial charge in [0.25, 0.3) is 5.91 Å². The van der Waals surface area contributed by atoms with Gasteiger partial charge in [0, 0.05) is 22.4 Å². The largest absolute Gasteiger partial charge is 0.321 e. The van der Waals surface area contributed by atoms with Crippen LogP contribution in [-0.2, 0) is 4.79 Å². The first-order valence-corrected chi connectivity index (χ1v) is 7.14. The van der Waals surface area contributed by atoms with Crippen LogP contribution in [0.25, 0.3) is 22.8 Å². The molecule has 1 N–H and O–H groups in total. The molecule has 0 saturated heterocycles. The Morgan fingerprint density at radius 1 is 0.870 bits per heavy atom. The summed E-state index contributed by atoms with van der Waals surface area (Å²) in [5.74, 6) is -1.09. The van der Waals surface area contributed by atoms with Gasteiger partial charge >= 0.3 is 0 Å². The van der Waals surface area contributed by atoms with Crippen LogP contribution in [-0.4, -0.2) is 5.91 Å². The summed E-state index contributed by atoms with van der Waals surface area (Å²) < 4.78 is 27.6. The molecule has 3 aliphatic rings. The van der Waals surface area contributed by atoms with Gasteiger partial charge in [-0.1, -0.05) is 30.3 Å². The van der Waals surface area contributed by atoms with Gasteiger partial charge in [0.05, 0.1) is 0 Å². The summed E-state index contributed by atoms with van der Waals surface area (Å²) in [5.41, 5.74) is 3.17. The molecule has 0 bridgehead atoms. The second kappa shape index (κ2) is 5.02. The van der Waals surface area contributed by atoms with E-state index in [0.717, 1.165) is 0 Å².